The Labute approximate surface area is 79.7 Å². The molecule has 0 fully saturated rings. The zero-order valence-corrected chi connectivity index (χ0v) is 8.34. The predicted molar refractivity (Wildman–Crippen MR) is 50.3 cm³/mol. The number of halogens is 2. The van der Waals surface area contributed by atoms with E-state index < -0.39 is 0 Å². The van der Waals surface area contributed by atoms with Crippen LogP contribution in [0.3, 0.4) is 0 Å². The number of alkyl halides is 1. The minimum absolute atomic E-state index is 0.269. The summed E-state index contributed by atoms with van der Waals surface area (Å²) in [6.07, 6.45) is 0. The lowest BCUT2D eigenvalue weighted by Crippen LogP contribution is -2.06. The smallest absolute Gasteiger partial charge is 0.126 e. The molecule has 1 nitrogen and oxygen atoms in total. The molecular weight excluding hydrogens is 223 g/mol. The molecule has 1 atom stereocenters. The third kappa shape index (κ3) is 3.22. The van der Waals surface area contributed by atoms with Gasteiger partial charge in [-0.15, -0.1) is 0 Å². The lowest BCUT2D eigenvalue weighted by Gasteiger charge is -2.06. The maximum absolute atomic E-state index is 12.6. The largest absolute Gasteiger partial charge is 0.492 e. The molecule has 0 saturated carbocycles. The highest BCUT2D eigenvalue weighted by Gasteiger charge is 1.98. The van der Waals surface area contributed by atoms with Gasteiger partial charge in [0.05, 0.1) is 0 Å². The van der Waals surface area contributed by atoms with Gasteiger partial charge in [0.1, 0.15) is 18.2 Å². The quantitative estimate of drug-likeness (QED) is 0.729. The van der Waals surface area contributed by atoms with E-state index in [1.165, 1.54) is 12.1 Å². The van der Waals surface area contributed by atoms with Gasteiger partial charge >= 0.3 is 0 Å². The standard InChI is InChI=1S/C9H10BrFO/c1-7(10)6-12-9-4-2-3-8(11)5-9/h2-5,7H,6H2,1H3. The molecule has 66 valence electrons. The second-order valence-electron chi connectivity index (χ2n) is 2.55. The summed E-state index contributed by atoms with van der Waals surface area (Å²) in [6.45, 7) is 2.52. The molecule has 0 amide bonds. The first-order valence-corrected chi connectivity index (χ1v) is 4.62. The normalized spacial score (nSPS) is 12.6. The van der Waals surface area contributed by atoms with E-state index in [1.54, 1.807) is 12.1 Å². The van der Waals surface area contributed by atoms with Crippen LogP contribution in [0.4, 0.5) is 4.39 Å². The highest BCUT2D eigenvalue weighted by atomic mass is 79.9. The van der Waals surface area contributed by atoms with E-state index in [4.69, 9.17) is 4.74 Å². The van der Waals surface area contributed by atoms with E-state index in [1.807, 2.05) is 6.92 Å². The predicted octanol–water partition coefficient (Wildman–Crippen LogP) is 2.99. The highest BCUT2D eigenvalue weighted by molar-refractivity contribution is 9.09. The topological polar surface area (TPSA) is 9.23 Å². The third-order valence-electron chi connectivity index (χ3n) is 1.28. The van der Waals surface area contributed by atoms with Crippen molar-refractivity contribution in [2.24, 2.45) is 0 Å². The van der Waals surface area contributed by atoms with Crippen LogP contribution in [-0.2, 0) is 0 Å². The summed E-state index contributed by atoms with van der Waals surface area (Å²) in [4.78, 5) is 0.278. The van der Waals surface area contributed by atoms with Crippen LogP contribution in [0, 0.1) is 5.82 Å². The molecule has 1 unspecified atom stereocenters. The molecule has 0 heterocycles. The van der Waals surface area contributed by atoms with Crippen molar-refractivity contribution in [3.05, 3.63) is 30.1 Å². The SMILES string of the molecule is CC(Br)COc1cccc(F)c1. The third-order valence-corrected chi connectivity index (χ3v) is 1.54. The highest BCUT2D eigenvalue weighted by Crippen LogP contribution is 2.12. The van der Waals surface area contributed by atoms with Crippen LogP contribution in [0.1, 0.15) is 6.92 Å². The van der Waals surface area contributed by atoms with E-state index in [0.29, 0.717) is 12.4 Å². The zero-order chi connectivity index (χ0) is 8.97. The molecule has 0 spiro atoms. The van der Waals surface area contributed by atoms with Crippen molar-refractivity contribution in [1.82, 2.24) is 0 Å². The number of ether oxygens (including phenoxy) is 1. The molecule has 0 aliphatic heterocycles. The number of rotatable bonds is 3. The van der Waals surface area contributed by atoms with Crippen molar-refractivity contribution in [3.8, 4) is 5.75 Å². The molecule has 0 N–H and O–H groups in total. The minimum Gasteiger partial charge on any atom is -0.492 e. The molecule has 0 bridgehead atoms. The van der Waals surface area contributed by atoms with Gasteiger partial charge in [-0.05, 0) is 19.1 Å². The summed E-state index contributed by atoms with van der Waals surface area (Å²) in [5, 5.41) is 0. The zero-order valence-electron chi connectivity index (χ0n) is 6.76. The maximum atomic E-state index is 12.6. The minimum atomic E-state index is -0.269. The maximum Gasteiger partial charge on any atom is 0.126 e. The molecule has 12 heavy (non-hydrogen) atoms. The molecule has 3 heteroatoms. The first-order chi connectivity index (χ1) is 5.68. The van der Waals surface area contributed by atoms with Gasteiger partial charge < -0.3 is 4.74 Å². The van der Waals surface area contributed by atoms with Crippen molar-refractivity contribution >= 4 is 15.9 Å². The lowest BCUT2D eigenvalue weighted by atomic mass is 10.3. The molecule has 1 aromatic carbocycles. The first-order valence-electron chi connectivity index (χ1n) is 3.71. The monoisotopic (exact) mass is 232 g/mol. The van der Waals surface area contributed by atoms with Crippen LogP contribution < -0.4 is 4.74 Å². The summed E-state index contributed by atoms with van der Waals surface area (Å²) < 4.78 is 17.9. The fourth-order valence-corrected chi connectivity index (χ4v) is 0.900. The summed E-state index contributed by atoms with van der Waals surface area (Å²) in [5.74, 6) is 0.302. The Kier molecular flexibility index (Phi) is 3.53. The van der Waals surface area contributed by atoms with E-state index >= 15 is 0 Å². The van der Waals surface area contributed by atoms with Crippen LogP contribution in [0.15, 0.2) is 24.3 Å². The van der Waals surface area contributed by atoms with E-state index in [2.05, 4.69) is 15.9 Å². The van der Waals surface area contributed by atoms with Gasteiger partial charge in [0.2, 0.25) is 0 Å². The summed E-state index contributed by atoms with van der Waals surface area (Å²) in [7, 11) is 0. The fraction of sp³-hybridized carbons (Fsp3) is 0.333. The van der Waals surface area contributed by atoms with Crippen molar-refractivity contribution < 1.29 is 9.13 Å². The van der Waals surface area contributed by atoms with Gasteiger partial charge in [-0.1, -0.05) is 22.0 Å². The average molecular weight is 233 g/mol. The summed E-state index contributed by atoms with van der Waals surface area (Å²) in [5.41, 5.74) is 0. The second-order valence-corrected chi connectivity index (χ2v) is 4.11. The molecule has 1 aromatic rings. The molecule has 0 radical (unpaired) electrons. The van der Waals surface area contributed by atoms with Crippen LogP contribution >= 0.6 is 15.9 Å². The molecule has 0 aliphatic rings. The van der Waals surface area contributed by atoms with Gasteiger partial charge in [0.25, 0.3) is 0 Å². The van der Waals surface area contributed by atoms with Crippen LogP contribution in [-0.4, -0.2) is 11.4 Å². The second kappa shape index (κ2) is 4.45. The van der Waals surface area contributed by atoms with Crippen LogP contribution in [0.5, 0.6) is 5.75 Å². The Hall–Kier alpha value is -0.570. The average Bonchev–Trinajstić information content (AvgIpc) is 2.01. The van der Waals surface area contributed by atoms with E-state index in [0.717, 1.165) is 0 Å². The van der Waals surface area contributed by atoms with Crippen molar-refractivity contribution in [2.75, 3.05) is 6.61 Å². The molecule has 1 rings (SSSR count). The van der Waals surface area contributed by atoms with Crippen molar-refractivity contribution in [2.45, 2.75) is 11.8 Å². The number of benzene rings is 1. The number of hydrogen-bond donors (Lipinski definition) is 0. The van der Waals surface area contributed by atoms with Gasteiger partial charge in [-0.3, -0.25) is 0 Å². The van der Waals surface area contributed by atoms with E-state index in [9.17, 15) is 4.39 Å². The van der Waals surface area contributed by atoms with Gasteiger partial charge in [-0.2, -0.15) is 0 Å². The van der Waals surface area contributed by atoms with Crippen molar-refractivity contribution in [3.63, 3.8) is 0 Å². The molecule has 0 aromatic heterocycles. The van der Waals surface area contributed by atoms with Gasteiger partial charge in [0, 0.05) is 10.9 Å². The summed E-state index contributed by atoms with van der Waals surface area (Å²) in [6, 6.07) is 6.13. The Balaban J connectivity index is 2.52. The van der Waals surface area contributed by atoms with Crippen molar-refractivity contribution in [1.29, 1.82) is 0 Å². The van der Waals surface area contributed by atoms with Crippen LogP contribution in [0.2, 0.25) is 0 Å². The van der Waals surface area contributed by atoms with E-state index in [-0.39, 0.29) is 10.6 Å². The first kappa shape index (κ1) is 9.52. The fourth-order valence-electron chi connectivity index (χ4n) is 0.768. The lowest BCUT2D eigenvalue weighted by molar-refractivity contribution is 0.322. The summed E-state index contributed by atoms with van der Waals surface area (Å²) >= 11 is 3.33. The Morgan fingerprint density at radius 3 is 2.92 bits per heavy atom. The number of hydrogen-bond acceptors (Lipinski definition) is 1. The van der Waals surface area contributed by atoms with Gasteiger partial charge in [0.15, 0.2) is 0 Å². The Bertz CT molecular complexity index is 250. The Morgan fingerprint density at radius 2 is 2.33 bits per heavy atom. The molecule has 0 saturated heterocycles. The molecule has 0 aliphatic carbocycles. The van der Waals surface area contributed by atoms with Gasteiger partial charge in [-0.25, -0.2) is 4.39 Å². The van der Waals surface area contributed by atoms with Crippen LogP contribution in [0.25, 0.3) is 0 Å². The molecular formula is C9H10BrFO. The Morgan fingerprint density at radius 1 is 1.58 bits per heavy atom.